The van der Waals surface area contributed by atoms with Crippen molar-refractivity contribution in [1.82, 2.24) is 9.62 Å². The molecule has 0 spiro atoms. The van der Waals surface area contributed by atoms with Gasteiger partial charge in [-0.3, -0.25) is 4.79 Å². The van der Waals surface area contributed by atoms with Gasteiger partial charge in [0, 0.05) is 45.8 Å². The standard InChI is InChI=1S/C23H31N3O5S/c1-25(2)32(28,29)21-9-10-22(30-3)19(16-21)6-11-23(27)24-17-18-4-7-20(8-5-18)26-12-14-31-15-13-26/h4-5,7-10,16H,6,11-15,17H2,1-3H3,(H,24,27). The van der Waals surface area contributed by atoms with Gasteiger partial charge in [-0.2, -0.15) is 0 Å². The molecule has 8 nitrogen and oxygen atoms in total. The van der Waals surface area contributed by atoms with E-state index in [9.17, 15) is 13.2 Å². The molecule has 0 aliphatic carbocycles. The number of rotatable bonds is 9. The summed E-state index contributed by atoms with van der Waals surface area (Å²) in [5, 5.41) is 2.93. The first-order valence-corrected chi connectivity index (χ1v) is 12.0. The van der Waals surface area contributed by atoms with Crippen LogP contribution >= 0.6 is 0 Å². The molecule has 0 unspecified atom stereocenters. The van der Waals surface area contributed by atoms with Crippen molar-refractivity contribution in [1.29, 1.82) is 0 Å². The Morgan fingerprint density at radius 3 is 2.44 bits per heavy atom. The van der Waals surface area contributed by atoms with E-state index in [4.69, 9.17) is 9.47 Å². The minimum absolute atomic E-state index is 0.106. The summed E-state index contributed by atoms with van der Waals surface area (Å²) < 4.78 is 36.7. The number of carbonyl (C=O) groups excluding carboxylic acids is 1. The number of anilines is 1. The molecule has 1 saturated heterocycles. The molecule has 1 heterocycles. The molecular formula is C23H31N3O5S. The molecule has 0 saturated carbocycles. The molecule has 32 heavy (non-hydrogen) atoms. The fraction of sp³-hybridized carbons (Fsp3) is 0.435. The molecule has 1 aliphatic heterocycles. The summed E-state index contributed by atoms with van der Waals surface area (Å²) in [6.45, 7) is 3.70. The van der Waals surface area contributed by atoms with Gasteiger partial charge in [0.05, 0.1) is 25.2 Å². The highest BCUT2D eigenvalue weighted by atomic mass is 32.2. The minimum Gasteiger partial charge on any atom is -0.496 e. The minimum atomic E-state index is -3.55. The number of aryl methyl sites for hydroxylation is 1. The van der Waals surface area contributed by atoms with E-state index in [1.807, 2.05) is 12.1 Å². The third kappa shape index (κ3) is 5.99. The van der Waals surface area contributed by atoms with Gasteiger partial charge >= 0.3 is 0 Å². The maximum Gasteiger partial charge on any atom is 0.242 e. The van der Waals surface area contributed by atoms with Crippen LogP contribution in [0.25, 0.3) is 0 Å². The molecule has 1 amide bonds. The van der Waals surface area contributed by atoms with E-state index in [-0.39, 0.29) is 17.2 Å². The highest BCUT2D eigenvalue weighted by molar-refractivity contribution is 7.89. The van der Waals surface area contributed by atoms with Crippen LogP contribution in [0.4, 0.5) is 5.69 Å². The predicted molar refractivity (Wildman–Crippen MR) is 124 cm³/mol. The highest BCUT2D eigenvalue weighted by Gasteiger charge is 2.19. The van der Waals surface area contributed by atoms with E-state index in [0.29, 0.717) is 24.3 Å². The van der Waals surface area contributed by atoms with Gasteiger partial charge in [0.2, 0.25) is 15.9 Å². The van der Waals surface area contributed by atoms with Gasteiger partial charge in [-0.25, -0.2) is 12.7 Å². The second-order valence-electron chi connectivity index (χ2n) is 7.80. The van der Waals surface area contributed by atoms with Crippen LogP contribution in [0.15, 0.2) is 47.4 Å². The normalized spacial score (nSPS) is 14.4. The zero-order chi connectivity index (χ0) is 23.1. The van der Waals surface area contributed by atoms with E-state index in [2.05, 4.69) is 22.3 Å². The summed E-state index contributed by atoms with van der Waals surface area (Å²) in [5.41, 5.74) is 2.86. The number of nitrogens with one attached hydrogen (secondary N) is 1. The molecule has 1 N–H and O–H groups in total. The molecule has 2 aromatic carbocycles. The first-order chi connectivity index (χ1) is 15.3. The van der Waals surface area contributed by atoms with Crippen LogP contribution in [-0.2, 0) is 32.5 Å². The molecule has 0 atom stereocenters. The number of benzene rings is 2. The van der Waals surface area contributed by atoms with E-state index in [0.717, 1.165) is 41.9 Å². The Hall–Kier alpha value is -2.62. The molecule has 0 bridgehead atoms. The van der Waals surface area contributed by atoms with Gasteiger partial charge in [-0.15, -0.1) is 0 Å². The van der Waals surface area contributed by atoms with Crippen molar-refractivity contribution >= 4 is 21.6 Å². The summed E-state index contributed by atoms with van der Waals surface area (Å²) in [7, 11) is 0.946. The zero-order valence-corrected chi connectivity index (χ0v) is 19.7. The maximum atomic E-state index is 12.4. The van der Waals surface area contributed by atoms with Crippen LogP contribution in [0.3, 0.4) is 0 Å². The Bertz CT molecular complexity index is 1020. The van der Waals surface area contributed by atoms with Crippen LogP contribution in [0, 0.1) is 0 Å². The van der Waals surface area contributed by atoms with Gasteiger partial charge in [0.15, 0.2) is 0 Å². The average molecular weight is 462 g/mol. The molecule has 1 aliphatic rings. The number of hydrogen-bond acceptors (Lipinski definition) is 6. The summed E-state index contributed by atoms with van der Waals surface area (Å²) in [6, 6.07) is 12.9. The maximum absolute atomic E-state index is 12.4. The van der Waals surface area contributed by atoms with Crippen molar-refractivity contribution in [2.24, 2.45) is 0 Å². The second kappa shape index (κ2) is 10.8. The second-order valence-corrected chi connectivity index (χ2v) is 9.96. The van der Waals surface area contributed by atoms with Gasteiger partial charge < -0.3 is 19.7 Å². The van der Waals surface area contributed by atoms with Crippen LogP contribution in [0.5, 0.6) is 5.75 Å². The number of carbonyl (C=O) groups is 1. The molecule has 2 aromatic rings. The topological polar surface area (TPSA) is 88.2 Å². The predicted octanol–water partition coefficient (Wildman–Crippen LogP) is 2.03. The molecule has 3 rings (SSSR count). The summed E-state index contributed by atoms with van der Waals surface area (Å²) in [4.78, 5) is 14.9. The van der Waals surface area contributed by atoms with E-state index in [1.54, 1.807) is 12.1 Å². The van der Waals surface area contributed by atoms with Crippen molar-refractivity contribution in [3.63, 3.8) is 0 Å². The molecule has 0 radical (unpaired) electrons. The van der Waals surface area contributed by atoms with Crippen molar-refractivity contribution in [2.45, 2.75) is 24.3 Å². The van der Waals surface area contributed by atoms with E-state index in [1.165, 1.54) is 27.3 Å². The fourth-order valence-corrected chi connectivity index (χ4v) is 4.46. The SMILES string of the molecule is COc1ccc(S(=O)(=O)N(C)C)cc1CCC(=O)NCc1ccc(N2CCOCC2)cc1. The first kappa shape index (κ1) is 24.0. The Morgan fingerprint density at radius 2 is 1.81 bits per heavy atom. The third-order valence-corrected chi connectivity index (χ3v) is 7.27. The molecule has 0 aromatic heterocycles. The van der Waals surface area contributed by atoms with Crippen molar-refractivity contribution in [2.75, 3.05) is 52.4 Å². The number of nitrogens with zero attached hydrogens (tertiary/aromatic N) is 2. The van der Waals surface area contributed by atoms with Gasteiger partial charge in [-0.05, 0) is 47.9 Å². The average Bonchev–Trinajstić information content (AvgIpc) is 2.82. The quantitative estimate of drug-likeness (QED) is 0.615. The summed E-state index contributed by atoms with van der Waals surface area (Å²) >= 11 is 0. The fourth-order valence-electron chi connectivity index (χ4n) is 3.50. The van der Waals surface area contributed by atoms with Gasteiger partial charge in [0.25, 0.3) is 0 Å². The van der Waals surface area contributed by atoms with Gasteiger partial charge in [0.1, 0.15) is 5.75 Å². The smallest absolute Gasteiger partial charge is 0.242 e. The molecular weight excluding hydrogens is 430 g/mol. The van der Waals surface area contributed by atoms with Crippen LogP contribution in [0.1, 0.15) is 17.5 Å². The number of hydrogen-bond donors (Lipinski definition) is 1. The molecule has 174 valence electrons. The monoisotopic (exact) mass is 461 g/mol. The van der Waals surface area contributed by atoms with Crippen molar-refractivity contribution in [3.8, 4) is 5.75 Å². The number of sulfonamides is 1. The first-order valence-electron chi connectivity index (χ1n) is 10.6. The Balaban J connectivity index is 1.55. The molecule has 9 heteroatoms. The Morgan fingerprint density at radius 1 is 1.12 bits per heavy atom. The van der Waals surface area contributed by atoms with Crippen LogP contribution < -0.4 is 15.0 Å². The van der Waals surface area contributed by atoms with Crippen LogP contribution in [-0.4, -0.2) is 66.1 Å². The number of methoxy groups -OCH3 is 1. The largest absolute Gasteiger partial charge is 0.496 e. The number of amides is 1. The van der Waals surface area contributed by atoms with Crippen LogP contribution in [0.2, 0.25) is 0 Å². The lowest BCUT2D eigenvalue weighted by molar-refractivity contribution is -0.121. The van der Waals surface area contributed by atoms with Crippen molar-refractivity contribution in [3.05, 3.63) is 53.6 Å². The number of ether oxygens (including phenoxy) is 2. The van der Waals surface area contributed by atoms with Gasteiger partial charge in [-0.1, -0.05) is 12.1 Å². The van der Waals surface area contributed by atoms with E-state index < -0.39 is 10.0 Å². The Labute approximate surface area is 190 Å². The zero-order valence-electron chi connectivity index (χ0n) is 18.8. The van der Waals surface area contributed by atoms with Crippen molar-refractivity contribution < 1.29 is 22.7 Å². The lowest BCUT2D eigenvalue weighted by Gasteiger charge is -2.28. The van der Waals surface area contributed by atoms with E-state index >= 15 is 0 Å². The third-order valence-electron chi connectivity index (χ3n) is 5.45. The lowest BCUT2D eigenvalue weighted by atomic mass is 10.1. The lowest BCUT2D eigenvalue weighted by Crippen LogP contribution is -2.36. The summed E-state index contributed by atoms with van der Waals surface area (Å²) in [5.74, 6) is 0.458. The highest BCUT2D eigenvalue weighted by Crippen LogP contribution is 2.25. The number of morpholine rings is 1. The Kier molecular flexibility index (Phi) is 8.11. The molecule has 1 fully saturated rings. The summed E-state index contributed by atoms with van der Waals surface area (Å²) in [6.07, 6.45) is 0.607.